The average Bonchev–Trinajstić information content (AvgIpc) is 2.72. The van der Waals surface area contributed by atoms with Gasteiger partial charge in [0.2, 0.25) is 0 Å². The van der Waals surface area contributed by atoms with Crippen LogP contribution in [0.1, 0.15) is 22.3 Å². The van der Waals surface area contributed by atoms with Gasteiger partial charge in [-0.05, 0) is 24.1 Å². The number of carbonyl (C=O) groups is 1. The Labute approximate surface area is 165 Å². The van der Waals surface area contributed by atoms with Crippen LogP contribution in [0.5, 0.6) is 0 Å². The number of hydrogen-bond acceptors (Lipinski definition) is 3. The van der Waals surface area contributed by atoms with Crippen LogP contribution in [0.4, 0.5) is 5.69 Å². The number of para-hydroxylation sites is 1. The predicted molar refractivity (Wildman–Crippen MR) is 109 cm³/mol. The maximum absolute atomic E-state index is 13.4. The highest BCUT2D eigenvalue weighted by atomic mass is 16.5. The van der Waals surface area contributed by atoms with E-state index >= 15 is 0 Å². The quantitative estimate of drug-likeness (QED) is 0.757. The topological polar surface area (TPSA) is 49.8 Å². The molecule has 1 N–H and O–H groups in total. The molecule has 1 amide bonds. The molecule has 0 spiro atoms. The molecular weight excluding hydrogens is 350 g/mol. The number of fused-ring (bicyclic) bond motifs is 1. The maximum Gasteiger partial charge on any atom is 0.260 e. The summed E-state index contributed by atoms with van der Waals surface area (Å²) in [5, 5.41) is 11.8. The van der Waals surface area contributed by atoms with Crippen molar-refractivity contribution in [1.82, 2.24) is 0 Å². The van der Waals surface area contributed by atoms with Crippen LogP contribution in [0, 0.1) is 6.92 Å². The molecule has 3 aromatic carbocycles. The first-order valence-electron chi connectivity index (χ1n) is 9.33. The molecule has 2 unspecified atom stereocenters. The Morgan fingerprint density at radius 2 is 1.71 bits per heavy atom. The molecule has 142 valence electrons. The minimum absolute atomic E-state index is 0.256. The number of nitrogens with zero attached hydrogens (tertiary/aromatic N) is 1. The monoisotopic (exact) mass is 373 g/mol. The Morgan fingerprint density at radius 1 is 1.00 bits per heavy atom. The lowest BCUT2D eigenvalue weighted by molar-refractivity contribution is -0.145. The minimum atomic E-state index is -1.55. The molecule has 1 heterocycles. The highest BCUT2D eigenvalue weighted by molar-refractivity contribution is 6.01. The third kappa shape index (κ3) is 2.91. The van der Waals surface area contributed by atoms with Crippen molar-refractivity contribution in [3.05, 3.63) is 101 Å². The molecule has 0 fully saturated rings. The summed E-state index contributed by atoms with van der Waals surface area (Å²) in [5.41, 5.74) is 2.63. The number of aliphatic hydroxyl groups is 1. The molecule has 0 radical (unpaired) electrons. The Hall–Kier alpha value is -2.95. The van der Waals surface area contributed by atoms with Gasteiger partial charge in [0, 0.05) is 12.7 Å². The zero-order valence-corrected chi connectivity index (χ0v) is 16.0. The molecule has 0 saturated heterocycles. The van der Waals surface area contributed by atoms with Gasteiger partial charge in [-0.25, -0.2) is 0 Å². The van der Waals surface area contributed by atoms with E-state index in [0.717, 1.165) is 11.1 Å². The second-order valence-electron chi connectivity index (χ2n) is 7.18. The smallest absolute Gasteiger partial charge is 0.260 e. The number of carbonyl (C=O) groups excluding carboxylic acids is 1. The second-order valence-corrected chi connectivity index (χ2v) is 7.18. The highest BCUT2D eigenvalue weighted by Gasteiger charge is 2.52. The van der Waals surface area contributed by atoms with Gasteiger partial charge in [-0.3, -0.25) is 4.79 Å². The van der Waals surface area contributed by atoms with Crippen molar-refractivity contribution in [2.75, 3.05) is 12.0 Å². The highest BCUT2D eigenvalue weighted by Crippen LogP contribution is 2.44. The summed E-state index contributed by atoms with van der Waals surface area (Å²) in [6, 6.07) is 24.8. The van der Waals surface area contributed by atoms with Gasteiger partial charge in [-0.2, -0.15) is 0 Å². The lowest BCUT2D eigenvalue weighted by atomic mass is 9.77. The Kier molecular flexibility index (Phi) is 4.75. The van der Waals surface area contributed by atoms with Crippen LogP contribution >= 0.6 is 0 Å². The van der Waals surface area contributed by atoms with E-state index in [4.69, 9.17) is 4.74 Å². The summed E-state index contributed by atoms with van der Waals surface area (Å²) in [5.74, 6) is -0.256. The standard InChI is InChI=1S/C24H23NO3/c1-17-9-8-10-18(15-17)16-25-21-14-7-6-13-20(21)24(27,22(28-2)23(25)26)19-11-4-3-5-12-19/h3-15,22,27H,16H2,1-2H3. The van der Waals surface area contributed by atoms with Crippen LogP contribution in [0.2, 0.25) is 0 Å². The van der Waals surface area contributed by atoms with Gasteiger partial charge in [-0.1, -0.05) is 78.4 Å². The molecule has 1 aliphatic rings. The molecule has 4 nitrogen and oxygen atoms in total. The van der Waals surface area contributed by atoms with E-state index < -0.39 is 11.7 Å². The van der Waals surface area contributed by atoms with Crippen LogP contribution in [-0.4, -0.2) is 24.2 Å². The number of ether oxygens (including phenoxy) is 1. The summed E-state index contributed by atoms with van der Waals surface area (Å²) in [7, 11) is 1.47. The molecule has 1 aliphatic heterocycles. The number of amides is 1. The van der Waals surface area contributed by atoms with Crippen molar-refractivity contribution >= 4 is 11.6 Å². The molecule has 0 aromatic heterocycles. The maximum atomic E-state index is 13.4. The zero-order valence-electron chi connectivity index (χ0n) is 16.0. The molecule has 28 heavy (non-hydrogen) atoms. The van der Waals surface area contributed by atoms with Gasteiger partial charge in [0.05, 0.1) is 12.2 Å². The van der Waals surface area contributed by atoms with Crippen LogP contribution in [0.15, 0.2) is 78.9 Å². The largest absolute Gasteiger partial charge is 0.377 e. The van der Waals surface area contributed by atoms with E-state index in [-0.39, 0.29) is 5.91 Å². The van der Waals surface area contributed by atoms with E-state index in [1.165, 1.54) is 7.11 Å². The molecule has 4 rings (SSSR count). The van der Waals surface area contributed by atoms with E-state index in [1.807, 2.05) is 79.7 Å². The lowest BCUT2D eigenvalue weighted by Crippen LogP contribution is -2.57. The fourth-order valence-electron chi connectivity index (χ4n) is 4.04. The number of benzene rings is 3. The normalized spacial score (nSPS) is 21.5. The molecule has 0 aliphatic carbocycles. The number of methoxy groups -OCH3 is 1. The predicted octanol–water partition coefficient (Wildman–Crippen LogP) is 3.79. The minimum Gasteiger partial charge on any atom is -0.377 e. The van der Waals surface area contributed by atoms with Gasteiger partial charge in [-0.15, -0.1) is 0 Å². The summed E-state index contributed by atoms with van der Waals surface area (Å²) in [4.78, 5) is 15.1. The van der Waals surface area contributed by atoms with Gasteiger partial charge < -0.3 is 14.7 Å². The first-order chi connectivity index (χ1) is 13.6. The molecule has 0 bridgehead atoms. The van der Waals surface area contributed by atoms with Crippen molar-refractivity contribution in [3.8, 4) is 0 Å². The van der Waals surface area contributed by atoms with Gasteiger partial charge in [0.1, 0.15) is 0 Å². The van der Waals surface area contributed by atoms with Crippen LogP contribution < -0.4 is 4.90 Å². The van der Waals surface area contributed by atoms with Crippen LogP contribution in [0.3, 0.4) is 0 Å². The van der Waals surface area contributed by atoms with E-state index in [2.05, 4.69) is 6.07 Å². The Morgan fingerprint density at radius 3 is 2.43 bits per heavy atom. The molecule has 3 aromatic rings. The van der Waals surface area contributed by atoms with E-state index in [0.29, 0.717) is 23.4 Å². The van der Waals surface area contributed by atoms with E-state index in [9.17, 15) is 9.90 Å². The number of aryl methyl sites for hydroxylation is 1. The lowest BCUT2D eigenvalue weighted by Gasteiger charge is -2.44. The fraction of sp³-hybridized carbons (Fsp3) is 0.208. The van der Waals surface area contributed by atoms with Gasteiger partial charge in [0.15, 0.2) is 11.7 Å². The van der Waals surface area contributed by atoms with Crippen molar-refractivity contribution in [2.24, 2.45) is 0 Å². The summed E-state index contributed by atoms with van der Waals surface area (Å²) in [6.45, 7) is 2.45. The Balaban J connectivity index is 1.87. The molecule has 4 heteroatoms. The molecular formula is C24H23NO3. The van der Waals surface area contributed by atoms with Gasteiger partial charge in [0.25, 0.3) is 5.91 Å². The molecule has 2 atom stereocenters. The van der Waals surface area contributed by atoms with E-state index in [1.54, 1.807) is 4.90 Å². The summed E-state index contributed by atoms with van der Waals surface area (Å²) in [6.07, 6.45) is -1.03. The third-order valence-electron chi connectivity index (χ3n) is 5.35. The first kappa shape index (κ1) is 18.4. The van der Waals surface area contributed by atoms with Crippen LogP contribution in [0.25, 0.3) is 0 Å². The summed E-state index contributed by atoms with van der Waals surface area (Å²) < 4.78 is 5.58. The molecule has 0 saturated carbocycles. The summed E-state index contributed by atoms with van der Waals surface area (Å²) >= 11 is 0. The van der Waals surface area contributed by atoms with Gasteiger partial charge >= 0.3 is 0 Å². The van der Waals surface area contributed by atoms with Crippen LogP contribution in [-0.2, 0) is 21.7 Å². The SMILES string of the molecule is COC1C(=O)N(Cc2cccc(C)c2)c2ccccc2C1(O)c1ccccc1. The Bertz CT molecular complexity index is 1000. The number of anilines is 1. The number of rotatable bonds is 4. The van der Waals surface area contributed by atoms with Crippen molar-refractivity contribution in [2.45, 2.75) is 25.2 Å². The van der Waals surface area contributed by atoms with Crippen molar-refractivity contribution < 1.29 is 14.6 Å². The average molecular weight is 373 g/mol. The number of hydrogen-bond donors (Lipinski definition) is 1. The van der Waals surface area contributed by atoms with Crippen molar-refractivity contribution in [1.29, 1.82) is 0 Å². The third-order valence-corrected chi connectivity index (χ3v) is 5.35. The first-order valence-corrected chi connectivity index (χ1v) is 9.33. The fourth-order valence-corrected chi connectivity index (χ4v) is 4.04. The van der Waals surface area contributed by atoms with Crippen molar-refractivity contribution in [3.63, 3.8) is 0 Å². The zero-order chi connectivity index (χ0) is 19.7. The second kappa shape index (κ2) is 7.23.